The zero-order valence-electron chi connectivity index (χ0n) is 21.9. The van der Waals surface area contributed by atoms with Crippen molar-refractivity contribution in [3.63, 3.8) is 0 Å². The number of phosphoric ester groups is 2. The maximum absolute atomic E-state index is 12.6. The minimum atomic E-state index is -4.45. The first-order valence-corrected chi connectivity index (χ1v) is 18.5. The highest BCUT2D eigenvalue weighted by Gasteiger charge is 2.38. The van der Waals surface area contributed by atoms with E-state index in [0.29, 0.717) is 25.8 Å². The lowest BCUT2D eigenvalue weighted by molar-refractivity contribution is -0.133. The Hall–Kier alpha value is 0.270. The van der Waals surface area contributed by atoms with Crippen LogP contribution >= 0.6 is 37.2 Å². The van der Waals surface area contributed by atoms with E-state index in [1.807, 2.05) is 6.92 Å². The van der Waals surface area contributed by atoms with Gasteiger partial charge in [-0.05, 0) is 25.7 Å². The van der Waals surface area contributed by atoms with Gasteiger partial charge >= 0.3 is 15.6 Å². The van der Waals surface area contributed by atoms with Gasteiger partial charge in [0, 0.05) is 43.6 Å². The number of rotatable bonds is 20. The molecule has 2 rings (SSSR count). The number of carbonyl (C=O) groups is 1. The van der Waals surface area contributed by atoms with Crippen molar-refractivity contribution in [2.24, 2.45) is 5.73 Å². The van der Waals surface area contributed by atoms with Gasteiger partial charge in [-0.2, -0.15) is 0 Å². The Kier molecular flexibility index (Phi) is 16.3. The molecule has 0 bridgehead atoms. The molecule has 0 spiro atoms. The summed E-state index contributed by atoms with van der Waals surface area (Å²) in [5.74, 6) is 1.52. The Morgan fingerprint density at radius 1 is 1.05 bits per heavy atom. The van der Waals surface area contributed by atoms with Gasteiger partial charge in [0.1, 0.15) is 0 Å². The van der Waals surface area contributed by atoms with Crippen molar-refractivity contribution in [2.75, 3.05) is 51.0 Å². The van der Waals surface area contributed by atoms with Crippen LogP contribution in [0.25, 0.3) is 0 Å². The van der Waals surface area contributed by atoms with Crippen LogP contribution < -0.4 is 11.1 Å². The van der Waals surface area contributed by atoms with Crippen molar-refractivity contribution in [3.8, 4) is 0 Å². The normalized spacial score (nSPS) is 26.9. The van der Waals surface area contributed by atoms with E-state index in [-0.39, 0.29) is 57.7 Å². The van der Waals surface area contributed by atoms with Crippen molar-refractivity contribution >= 4 is 43.1 Å². The fourth-order valence-corrected chi connectivity index (χ4v) is 7.79. The molecule has 0 aromatic carbocycles. The third-order valence-corrected chi connectivity index (χ3v) is 10.5. The lowest BCUT2D eigenvalue weighted by Crippen LogP contribution is -2.38. The lowest BCUT2D eigenvalue weighted by Gasteiger charge is -2.25. The van der Waals surface area contributed by atoms with Crippen LogP contribution in [0.4, 0.5) is 0 Å². The monoisotopic (exact) mass is 623 g/mol. The number of nitrogens with one attached hydrogen (secondary N) is 1. The van der Waals surface area contributed by atoms with Crippen LogP contribution in [-0.4, -0.2) is 101 Å². The minimum Gasteiger partial charge on any atom is -0.391 e. The van der Waals surface area contributed by atoms with Gasteiger partial charge in [-0.3, -0.25) is 22.9 Å². The van der Waals surface area contributed by atoms with Crippen molar-refractivity contribution in [1.29, 1.82) is 0 Å². The second-order valence-corrected chi connectivity index (χ2v) is 14.8. The molecule has 6 atom stereocenters. The fourth-order valence-electron chi connectivity index (χ4n) is 4.09. The van der Waals surface area contributed by atoms with E-state index in [1.165, 1.54) is 4.90 Å². The lowest BCUT2D eigenvalue weighted by atomic mass is 10.2. The first-order chi connectivity index (χ1) is 18.0. The van der Waals surface area contributed by atoms with Crippen LogP contribution in [-0.2, 0) is 32.0 Å². The summed E-state index contributed by atoms with van der Waals surface area (Å²) in [6.45, 7) is 2.76. The van der Waals surface area contributed by atoms with E-state index >= 15 is 0 Å². The molecular formula is C21H43N3O10P2S2. The molecule has 0 aliphatic carbocycles. The number of β-amino-alcohol motifs (C(OH)–C–C–N with tert-alkyl or cyclic N) is 1. The van der Waals surface area contributed by atoms with Crippen LogP contribution in [0.15, 0.2) is 0 Å². The second-order valence-electron chi connectivity index (χ2n) is 9.26. The average molecular weight is 624 g/mol. The molecule has 224 valence electrons. The number of likely N-dealkylation sites (tertiary alicyclic amines) is 1. The smallest absolute Gasteiger partial charge is 0.391 e. The topological polar surface area (TPSA) is 190 Å². The number of aliphatic hydroxyl groups is 1. The Balaban J connectivity index is 1.70. The third-order valence-electron chi connectivity index (χ3n) is 5.95. The summed E-state index contributed by atoms with van der Waals surface area (Å²) in [5, 5.41) is 13.1. The van der Waals surface area contributed by atoms with Crippen LogP contribution in [0.3, 0.4) is 0 Å². The summed E-state index contributed by atoms with van der Waals surface area (Å²) >= 11 is 0. The van der Waals surface area contributed by atoms with E-state index in [0.717, 1.165) is 24.3 Å². The average Bonchev–Trinajstić information content (AvgIpc) is 3.47. The Morgan fingerprint density at radius 3 is 2.53 bits per heavy atom. The van der Waals surface area contributed by atoms with Gasteiger partial charge < -0.3 is 30.8 Å². The molecule has 38 heavy (non-hydrogen) atoms. The maximum Gasteiger partial charge on any atom is 0.472 e. The number of phosphoric acid groups is 2. The van der Waals surface area contributed by atoms with E-state index in [4.69, 9.17) is 23.8 Å². The summed E-state index contributed by atoms with van der Waals surface area (Å²) in [5.41, 5.74) is 5.45. The molecule has 0 aromatic heterocycles. The molecule has 4 unspecified atom stereocenters. The number of nitrogens with zero attached hydrogens (tertiary/aromatic N) is 1. The van der Waals surface area contributed by atoms with Crippen LogP contribution in [0, 0.1) is 0 Å². The molecule has 13 nitrogen and oxygen atoms in total. The molecule has 2 saturated heterocycles. The molecule has 0 aromatic rings. The number of hydrogen-bond donors (Lipinski definition) is 5. The third kappa shape index (κ3) is 13.8. The summed E-state index contributed by atoms with van der Waals surface area (Å²) in [6, 6.07) is -0.899. The van der Waals surface area contributed by atoms with Crippen molar-refractivity contribution in [1.82, 2.24) is 10.2 Å². The summed E-state index contributed by atoms with van der Waals surface area (Å²) in [7, 11) is -5.30. The molecule has 17 heteroatoms. The van der Waals surface area contributed by atoms with Crippen LogP contribution in [0.2, 0.25) is 0 Å². The number of carbonyl (C=O) groups excluding carboxylic acids is 1. The maximum atomic E-state index is 12.6. The van der Waals surface area contributed by atoms with Gasteiger partial charge in [-0.1, -0.05) is 41.4 Å². The molecule has 2 fully saturated rings. The Morgan fingerprint density at radius 2 is 1.79 bits per heavy atom. The van der Waals surface area contributed by atoms with E-state index in [9.17, 15) is 28.8 Å². The van der Waals surface area contributed by atoms with E-state index in [2.05, 4.69) is 5.32 Å². The summed E-state index contributed by atoms with van der Waals surface area (Å²) in [6.07, 6.45) is 2.61. The minimum absolute atomic E-state index is 0.126. The van der Waals surface area contributed by atoms with Gasteiger partial charge in [-0.25, -0.2) is 9.13 Å². The Labute approximate surface area is 232 Å². The van der Waals surface area contributed by atoms with Gasteiger partial charge in [-0.15, -0.1) is 0 Å². The second kappa shape index (κ2) is 17.9. The Bertz CT molecular complexity index is 802. The first-order valence-electron chi connectivity index (χ1n) is 13.0. The predicted molar refractivity (Wildman–Crippen MR) is 148 cm³/mol. The highest BCUT2D eigenvalue weighted by molar-refractivity contribution is 8.76. The fraction of sp³-hybridized carbons (Fsp3) is 0.952. The number of unbranched alkanes of at least 4 members (excludes halogenated alkanes) is 2. The molecule has 0 radical (unpaired) electrons. The number of hydrogen-bond acceptors (Lipinski definition) is 12. The molecule has 0 saturated carbocycles. The molecule has 2 aliphatic heterocycles. The van der Waals surface area contributed by atoms with E-state index in [1.54, 1.807) is 21.6 Å². The summed E-state index contributed by atoms with van der Waals surface area (Å²) < 4.78 is 44.9. The number of aliphatic hydroxyl groups excluding tert-OH is 1. The van der Waals surface area contributed by atoms with E-state index < -0.39 is 33.9 Å². The van der Waals surface area contributed by atoms with Crippen molar-refractivity contribution in [3.05, 3.63) is 0 Å². The number of amides is 1. The molecule has 6 N–H and O–H groups in total. The van der Waals surface area contributed by atoms with Gasteiger partial charge in [0.15, 0.2) is 0 Å². The van der Waals surface area contributed by atoms with Crippen LogP contribution in [0.5, 0.6) is 0 Å². The zero-order valence-corrected chi connectivity index (χ0v) is 25.3. The van der Waals surface area contributed by atoms with Crippen molar-refractivity contribution < 1.29 is 46.9 Å². The largest absolute Gasteiger partial charge is 0.472 e. The standard InChI is InChI=1S/C21H43N3O10P2S2/c1-2-3-4-8-31-35(27,28)32-15-17-11-20(13-23-17)34-36(29,30)33-16-18-12-19(25)14-24(18)21(26)6-5-9-37-38-10-7-22/h17-20,23,25H,2-16,22H2,1H3,(H,27,28)(H,29,30)/t17?,18?,19-,20-/m1/s1. The van der Waals surface area contributed by atoms with Gasteiger partial charge in [0.25, 0.3) is 0 Å². The molecule has 2 aliphatic rings. The summed E-state index contributed by atoms with van der Waals surface area (Å²) in [4.78, 5) is 34.1. The SMILES string of the molecule is CCCCCOP(=O)(O)OCC1C[C@@H](OP(=O)(O)OCC2C[C@@H](O)CN2C(=O)CCCSSCCN)CN1. The number of nitrogens with two attached hydrogens (primary N) is 1. The quantitative estimate of drug-likeness (QED) is 0.0754. The van der Waals surface area contributed by atoms with Crippen LogP contribution in [0.1, 0.15) is 51.9 Å². The highest BCUT2D eigenvalue weighted by Crippen LogP contribution is 2.47. The van der Waals surface area contributed by atoms with Gasteiger partial charge in [0.2, 0.25) is 5.91 Å². The van der Waals surface area contributed by atoms with Crippen molar-refractivity contribution in [2.45, 2.75) is 76.2 Å². The predicted octanol–water partition coefficient (Wildman–Crippen LogP) is 2.26. The molecule has 1 amide bonds. The highest BCUT2D eigenvalue weighted by atomic mass is 33.1. The molecule has 2 heterocycles. The van der Waals surface area contributed by atoms with Gasteiger partial charge in [0.05, 0.1) is 38.1 Å². The molecular weight excluding hydrogens is 580 g/mol. The zero-order chi connectivity index (χ0) is 28.0. The first kappa shape index (κ1) is 34.5.